The van der Waals surface area contributed by atoms with Crippen molar-refractivity contribution in [3.63, 3.8) is 0 Å². The number of aldehydes is 1. The number of aliphatic hydroxyl groups excluding tert-OH is 2. The lowest BCUT2D eigenvalue weighted by atomic mass is 9.38. The summed E-state index contributed by atoms with van der Waals surface area (Å²) in [6.45, 7) is 2.03. The van der Waals surface area contributed by atoms with Crippen molar-refractivity contribution in [2.45, 2.75) is 145 Å². The molecule has 1 spiro atoms. The van der Waals surface area contributed by atoms with Gasteiger partial charge in [-0.25, -0.2) is 4.79 Å². The summed E-state index contributed by atoms with van der Waals surface area (Å²) in [7, 11) is 1.91. The molecular formula is C43H57NO8. The highest BCUT2D eigenvalue weighted by Gasteiger charge is 2.80. The molecule has 8 rings (SSSR count). The number of fused-ring (bicyclic) bond motifs is 8. The van der Waals surface area contributed by atoms with Gasteiger partial charge in [-0.05, 0) is 112 Å². The van der Waals surface area contributed by atoms with Crippen LogP contribution in [0.3, 0.4) is 0 Å². The van der Waals surface area contributed by atoms with Gasteiger partial charge in [0.2, 0.25) is 0 Å². The monoisotopic (exact) mass is 715 g/mol. The Kier molecular flexibility index (Phi) is 9.12. The molecule has 0 unspecified atom stereocenters. The first-order valence-corrected chi connectivity index (χ1v) is 20.1. The number of hydrogen-bond donors (Lipinski definition) is 6. The minimum atomic E-state index is -1.67. The van der Waals surface area contributed by atoms with Gasteiger partial charge in [0.15, 0.2) is 0 Å². The predicted octanol–water partition coefficient (Wildman–Crippen LogP) is 3.88. The quantitative estimate of drug-likeness (QED) is 0.107. The number of aliphatic hydroxyl groups is 5. The summed E-state index contributed by atoms with van der Waals surface area (Å²) in [5.41, 5.74) is -3.32. The van der Waals surface area contributed by atoms with Crippen LogP contribution in [0.1, 0.15) is 114 Å². The van der Waals surface area contributed by atoms with Gasteiger partial charge in [0.05, 0.1) is 29.3 Å². The molecular weight excluding hydrogens is 658 g/mol. The van der Waals surface area contributed by atoms with Crippen LogP contribution in [0.25, 0.3) is 0 Å². The third-order valence-corrected chi connectivity index (χ3v) is 16.0. The molecule has 5 saturated carbocycles. The summed E-state index contributed by atoms with van der Waals surface area (Å²) in [4.78, 5) is 26.8. The minimum Gasteiger partial charge on any atom is -0.454 e. The van der Waals surface area contributed by atoms with E-state index in [0.717, 1.165) is 54.2 Å². The number of hydrogen-bond acceptors (Lipinski definition) is 9. The summed E-state index contributed by atoms with van der Waals surface area (Å²) >= 11 is 0. The van der Waals surface area contributed by atoms with Crippen LogP contribution in [0.4, 0.5) is 0 Å². The topological polar surface area (TPSA) is 157 Å². The fraction of sp³-hybridized carbons (Fsp3) is 0.721. The normalized spacial score (nSPS) is 46.0. The average Bonchev–Trinajstić information content (AvgIpc) is 3.64. The number of carbonyl (C=O) groups excluding carboxylic acids is 2. The van der Waals surface area contributed by atoms with Gasteiger partial charge in [-0.3, -0.25) is 0 Å². The number of esters is 1. The zero-order valence-electron chi connectivity index (χ0n) is 30.8. The maximum atomic E-state index is 13.6. The number of rotatable bonds is 7. The summed E-state index contributed by atoms with van der Waals surface area (Å²) in [5.74, 6) is 5.20. The Morgan fingerprint density at radius 2 is 1.90 bits per heavy atom. The van der Waals surface area contributed by atoms with Crippen LogP contribution in [-0.4, -0.2) is 79.9 Å². The van der Waals surface area contributed by atoms with Crippen LogP contribution in [-0.2, 0) is 27.4 Å². The van der Waals surface area contributed by atoms with E-state index >= 15 is 0 Å². The molecule has 0 radical (unpaired) electrons. The molecule has 1 aromatic rings. The van der Waals surface area contributed by atoms with E-state index in [1.54, 1.807) is 6.08 Å². The van der Waals surface area contributed by atoms with E-state index in [2.05, 4.69) is 24.1 Å². The highest BCUT2D eigenvalue weighted by atomic mass is 16.5. The standard InChI is InChI=1S/C43H57NO8/c1-3-4-5-10-27-21-40(25-46)35-13-15-39-14-7-6-9-26-11-8-12-28(24-45)30(26)19-33(44-2)31-18-29(37(39)32-20-36(48)52-38(31)32)22-43(39,51)42(35,50)17-16-41(40,49)23-34(27)47/h8,11-12,20,25,27,29,31,33-35,37-38,44-45,47,49-51H,3-5,7,10,13-19,21-24H2,1-2H3/t27-,29+,31-,33+,34-,35+,37-,38+,39-,40-,41+,42+,43-/m1/s1. The first-order valence-electron chi connectivity index (χ1n) is 20.1. The second kappa shape index (κ2) is 13.0. The van der Waals surface area contributed by atoms with Crippen LogP contribution in [0.2, 0.25) is 0 Å². The molecule has 13 atom stereocenters. The number of unbranched alkanes of at least 4 members (excludes halogenated alkanes) is 2. The molecule has 1 aliphatic heterocycles. The lowest BCUT2D eigenvalue weighted by Crippen LogP contribution is -2.78. The molecule has 7 aliphatic rings. The van der Waals surface area contributed by atoms with Crippen molar-refractivity contribution >= 4 is 12.3 Å². The average molecular weight is 716 g/mol. The minimum absolute atomic E-state index is 0.0603. The molecule has 0 amide bonds. The smallest absolute Gasteiger partial charge is 0.331 e. The Morgan fingerprint density at radius 3 is 2.65 bits per heavy atom. The van der Waals surface area contributed by atoms with Crippen LogP contribution < -0.4 is 5.32 Å². The molecule has 52 heavy (non-hydrogen) atoms. The van der Waals surface area contributed by atoms with Crippen LogP contribution >= 0.6 is 0 Å². The zero-order valence-corrected chi connectivity index (χ0v) is 30.8. The number of likely N-dealkylation sites (N-methyl/N-ethyl adjacent to an activating group) is 1. The second-order valence-electron chi connectivity index (χ2n) is 17.8. The molecule has 0 saturated heterocycles. The SMILES string of the molecule is CCCCC[C@@H]1C[C@@]2(C=O)[C@@H]3CC[C@@]45CCC#Cc6cccc(CO)c6C[C@H](NC)[C@H]6C[C@@H](C[C@]4(O)[C@]3(O)CC[C@]2(O)C[C@H]1O)[C@@H]5C1=CC(=O)O[C@H]16. The molecule has 5 fully saturated rings. The lowest BCUT2D eigenvalue weighted by Gasteiger charge is -2.69. The number of ether oxygens (including phenoxy) is 1. The van der Waals surface area contributed by atoms with Crippen LogP contribution in [0.15, 0.2) is 29.8 Å². The van der Waals surface area contributed by atoms with E-state index in [9.17, 15) is 35.1 Å². The second-order valence-corrected chi connectivity index (χ2v) is 17.8. The van der Waals surface area contributed by atoms with Gasteiger partial charge < -0.3 is 40.4 Å². The van der Waals surface area contributed by atoms with Crippen LogP contribution in [0, 0.1) is 52.3 Å². The summed E-state index contributed by atoms with van der Waals surface area (Å²) in [6.07, 6.45) is 9.17. The molecule has 6 aliphatic carbocycles. The van der Waals surface area contributed by atoms with Crippen molar-refractivity contribution in [1.82, 2.24) is 5.32 Å². The van der Waals surface area contributed by atoms with Crippen molar-refractivity contribution in [2.24, 2.45) is 40.4 Å². The van der Waals surface area contributed by atoms with Gasteiger partial charge in [-0.15, -0.1) is 0 Å². The molecule has 9 heteroatoms. The number of carbonyl (C=O) groups is 2. The van der Waals surface area contributed by atoms with E-state index in [4.69, 9.17) is 4.74 Å². The Morgan fingerprint density at radius 1 is 1.08 bits per heavy atom. The van der Waals surface area contributed by atoms with E-state index in [0.29, 0.717) is 51.4 Å². The van der Waals surface area contributed by atoms with Gasteiger partial charge in [-0.2, -0.15) is 0 Å². The zero-order chi connectivity index (χ0) is 36.7. The van der Waals surface area contributed by atoms with Crippen molar-refractivity contribution in [3.05, 3.63) is 46.5 Å². The molecule has 9 nitrogen and oxygen atoms in total. The predicted molar refractivity (Wildman–Crippen MR) is 193 cm³/mol. The molecule has 282 valence electrons. The van der Waals surface area contributed by atoms with Gasteiger partial charge in [0, 0.05) is 47.8 Å². The van der Waals surface area contributed by atoms with Crippen molar-refractivity contribution < 1.29 is 39.9 Å². The fourth-order valence-electron chi connectivity index (χ4n) is 13.7. The fourth-order valence-corrected chi connectivity index (χ4v) is 13.7. The molecule has 4 bridgehead atoms. The number of nitrogens with one attached hydrogen (secondary N) is 1. The van der Waals surface area contributed by atoms with E-state index < -0.39 is 45.8 Å². The largest absolute Gasteiger partial charge is 0.454 e. The first kappa shape index (κ1) is 36.4. The van der Waals surface area contributed by atoms with E-state index in [1.807, 2.05) is 25.2 Å². The number of benzene rings is 1. The van der Waals surface area contributed by atoms with Gasteiger partial charge >= 0.3 is 5.97 Å². The molecule has 1 aromatic carbocycles. The Hall–Kier alpha value is -2.58. The Bertz CT molecular complexity index is 1700. The first-order chi connectivity index (χ1) is 24.9. The molecule has 0 aromatic heterocycles. The van der Waals surface area contributed by atoms with Crippen molar-refractivity contribution in [2.75, 3.05) is 7.05 Å². The Labute approximate surface area is 307 Å². The maximum absolute atomic E-state index is 13.6. The van der Waals surface area contributed by atoms with Gasteiger partial charge in [0.1, 0.15) is 18.0 Å². The van der Waals surface area contributed by atoms with Crippen molar-refractivity contribution in [1.29, 1.82) is 0 Å². The summed E-state index contributed by atoms with van der Waals surface area (Å²) in [5, 5.41) is 64.5. The summed E-state index contributed by atoms with van der Waals surface area (Å²) < 4.78 is 6.16. The highest BCUT2D eigenvalue weighted by Crippen LogP contribution is 2.76. The molecule has 1 heterocycles. The maximum Gasteiger partial charge on any atom is 0.331 e. The van der Waals surface area contributed by atoms with E-state index in [1.165, 1.54) is 0 Å². The third kappa shape index (κ3) is 4.90. The molecule has 6 N–H and O–H groups in total. The summed E-state index contributed by atoms with van der Waals surface area (Å²) in [6, 6.07) is 5.71. The third-order valence-electron chi connectivity index (χ3n) is 16.0. The lowest BCUT2D eigenvalue weighted by molar-refractivity contribution is -0.322. The van der Waals surface area contributed by atoms with Crippen molar-refractivity contribution in [3.8, 4) is 11.8 Å². The van der Waals surface area contributed by atoms with E-state index in [-0.39, 0.29) is 61.6 Å². The van der Waals surface area contributed by atoms with Crippen LogP contribution in [0.5, 0.6) is 0 Å². The van der Waals surface area contributed by atoms with Gasteiger partial charge in [-0.1, -0.05) is 50.2 Å². The van der Waals surface area contributed by atoms with Gasteiger partial charge in [0.25, 0.3) is 0 Å². The Balaban J connectivity index is 1.25. The highest BCUT2D eigenvalue weighted by molar-refractivity contribution is 5.86.